The normalized spacial score (nSPS) is 25.1. The SMILES string of the molecule is NC(=O)C1CCCN(C(=O)NC2(C(=O)O)CCCCC2)C1. The number of likely N-dealkylation sites (tertiary alicyclic amines) is 1. The maximum Gasteiger partial charge on any atom is 0.329 e. The van der Waals surface area contributed by atoms with Crippen molar-refractivity contribution in [1.29, 1.82) is 0 Å². The summed E-state index contributed by atoms with van der Waals surface area (Å²) in [7, 11) is 0. The monoisotopic (exact) mass is 297 g/mol. The van der Waals surface area contributed by atoms with Gasteiger partial charge in [0.05, 0.1) is 5.92 Å². The van der Waals surface area contributed by atoms with Crippen molar-refractivity contribution < 1.29 is 19.5 Å². The van der Waals surface area contributed by atoms with Gasteiger partial charge in [0.1, 0.15) is 5.54 Å². The Morgan fingerprint density at radius 1 is 1.14 bits per heavy atom. The average Bonchev–Trinajstić information content (AvgIpc) is 2.48. The zero-order valence-electron chi connectivity index (χ0n) is 12.1. The van der Waals surface area contributed by atoms with E-state index in [1.807, 2.05) is 0 Å². The van der Waals surface area contributed by atoms with E-state index in [2.05, 4.69) is 5.32 Å². The molecular weight excluding hydrogens is 274 g/mol. The summed E-state index contributed by atoms with van der Waals surface area (Å²) in [6.07, 6.45) is 4.91. The highest BCUT2D eigenvalue weighted by atomic mass is 16.4. The molecular formula is C14H23N3O4. The summed E-state index contributed by atoms with van der Waals surface area (Å²) in [6.45, 7) is 0.808. The van der Waals surface area contributed by atoms with Crippen LogP contribution in [0.25, 0.3) is 0 Å². The number of carbonyl (C=O) groups is 3. The number of aliphatic carboxylic acids is 1. The molecule has 0 aromatic carbocycles. The van der Waals surface area contributed by atoms with E-state index in [9.17, 15) is 19.5 Å². The van der Waals surface area contributed by atoms with Gasteiger partial charge in [0.15, 0.2) is 0 Å². The van der Waals surface area contributed by atoms with E-state index in [-0.39, 0.29) is 12.5 Å². The number of rotatable bonds is 3. The van der Waals surface area contributed by atoms with Crippen molar-refractivity contribution >= 4 is 17.9 Å². The van der Waals surface area contributed by atoms with Gasteiger partial charge in [-0.1, -0.05) is 19.3 Å². The smallest absolute Gasteiger partial charge is 0.329 e. The van der Waals surface area contributed by atoms with E-state index < -0.39 is 23.4 Å². The summed E-state index contributed by atoms with van der Waals surface area (Å²) in [5.74, 6) is -1.71. The molecule has 21 heavy (non-hydrogen) atoms. The molecule has 1 saturated carbocycles. The fourth-order valence-electron chi connectivity index (χ4n) is 3.23. The number of carbonyl (C=O) groups excluding carboxylic acids is 2. The number of nitrogens with zero attached hydrogens (tertiary/aromatic N) is 1. The van der Waals surface area contributed by atoms with Crippen molar-refractivity contribution in [2.45, 2.75) is 50.5 Å². The Bertz CT molecular complexity index is 432. The highest BCUT2D eigenvalue weighted by Gasteiger charge is 2.42. The van der Waals surface area contributed by atoms with E-state index in [0.717, 1.165) is 19.3 Å². The van der Waals surface area contributed by atoms with Gasteiger partial charge < -0.3 is 21.1 Å². The van der Waals surface area contributed by atoms with Gasteiger partial charge >= 0.3 is 12.0 Å². The Balaban J connectivity index is 2.02. The fraction of sp³-hybridized carbons (Fsp3) is 0.786. The van der Waals surface area contributed by atoms with E-state index in [1.54, 1.807) is 0 Å². The van der Waals surface area contributed by atoms with Crippen molar-refractivity contribution in [1.82, 2.24) is 10.2 Å². The summed E-state index contributed by atoms with van der Waals surface area (Å²) >= 11 is 0. The lowest BCUT2D eigenvalue weighted by Gasteiger charge is -2.38. The molecule has 3 amide bonds. The van der Waals surface area contributed by atoms with Gasteiger partial charge in [-0.15, -0.1) is 0 Å². The Hall–Kier alpha value is -1.79. The lowest BCUT2D eigenvalue weighted by atomic mass is 9.82. The Morgan fingerprint density at radius 2 is 1.81 bits per heavy atom. The second-order valence-electron chi connectivity index (χ2n) is 6.07. The third-order valence-electron chi connectivity index (χ3n) is 4.57. The molecule has 0 radical (unpaired) electrons. The number of hydrogen-bond acceptors (Lipinski definition) is 3. The van der Waals surface area contributed by atoms with Crippen LogP contribution in [0.2, 0.25) is 0 Å². The molecule has 4 N–H and O–H groups in total. The number of carboxylic acid groups (broad SMARTS) is 1. The van der Waals surface area contributed by atoms with Crippen LogP contribution in [0.4, 0.5) is 4.79 Å². The van der Waals surface area contributed by atoms with Gasteiger partial charge in [0, 0.05) is 13.1 Å². The number of nitrogens with two attached hydrogens (primary N) is 1. The van der Waals surface area contributed by atoms with Gasteiger partial charge in [0.25, 0.3) is 0 Å². The molecule has 0 aromatic rings. The summed E-state index contributed by atoms with van der Waals surface area (Å²) in [4.78, 5) is 36.7. The second kappa shape index (κ2) is 6.32. The van der Waals surface area contributed by atoms with Gasteiger partial charge in [-0.05, 0) is 25.7 Å². The molecule has 2 rings (SSSR count). The summed E-state index contributed by atoms with van der Waals surface area (Å²) in [6, 6.07) is -0.398. The first-order chi connectivity index (χ1) is 9.94. The van der Waals surface area contributed by atoms with Gasteiger partial charge in [-0.3, -0.25) is 4.79 Å². The molecule has 0 bridgehead atoms. The molecule has 1 saturated heterocycles. The van der Waals surface area contributed by atoms with Crippen LogP contribution in [-0.2, 0) is 9.59 Å². The standard InChI is InChI=1S/C14H23N3O4/c15-11(18)10-5-4-8-17(9-10)13(21)16-14(12(19)20)6-2-1-3-7-14/h10H,1-9H2,(H2,15,18)(H,16,21)(H,19,20). The van der Waals surface area contributed by atoms with E-state index in [1.165, 1.54) is 4.90 Å². The molecule has 1 atom stereocenters. The van der Waals surface area contributed by atoms with Crippen LogP contribution in [-0.4, -0.2) is 46.5 Å². The molecule has 1 aliphatic heterocycles. The topological polar surface area (TPSA) is 113 Å². The molecule has 0 aromatic heterocycles. The molecule has 1 heterocycles. The Kier molecular flexibility index (Phi) is 4.69. The Labute approximate surface area is 123 Å². The zero-order valence-corrected chi connectivity index (χ0v) is 12.1. The summed E-state index contributed by atoms with van der Waals surface area (Å²) in [5, 5.41) is 12.2. The minimum atomic E-state index is -1.16. The van der Waals surface area contributed by atoms with Crippen LogP contribution in [0.15, 0.2) is 0 Å². The molecule has 1 unspecified atom stereocenters. The minimum absolute atomic E-state index is 0.275. The van der Waals surface area contributed by atoms with Crippen LogP contribution >= 0.6 is 0 Å². The number of nitrogens with one attached hydrogen (secondary N) is 1. The highest BCUT2D eigenvalue weighted by molar-refractivity contribution is 5.87. The van der Waals surface area contributed by atoms with Crippen LogP contribution in [0.1, 0.15) is 44.9 Å². The maximum atomic E-state index is 12.3. The predicted molar refractivity (Wildman–Crippen MR) is 75.5 cm³/mol. The summed E-state index contributed by atoms with van der Waals surface area (Å²) in [5.41, 5.74) is 4.14. The van der Waals surface area contributed by atoms with Crippen molar-refractivity contribution in [2.24, 2.45) is 11.7 Å². The van der Waals surface area contributed by atoms with E-state index in [4.69, 9.17) is 5.73 Å². The van der Waals surface area contributed by atoms with E-state index in [0.29, 0.717) is 32.2 Å². The lowest BCUT2D eigenvalue weighted by molar-refractivity contribution is -0.146. The first kappa shape index (κ1) is 15.6. The third-order valence-corrected chi connectivity index (χ3v) is 4.57. The largest absolute Gasteiger partial charge is 0.480 e. The average molecular weight is 297 g/mol. The van der Waals surface area contributed by atoms with Crippen LogP contribution in [0, 0.1) is 5.92 Å². The van der Waals surface area contributed by atoms with Crippen LogP contribution in [0.5, 0.6) is 0 Å². The van der Waals surface area contributed by atoms with Gasteiger partial charge in [-0.2, -0.15) is 0 Å². The predicted octanol–water partition coefficient (Wildman–Crippen LogP) is 0.681. The lowest BCUT2D eigenvalue weighted by Crippen LogP contribution is -2.60. The van der Waals surface area contributed by atoms with Crippen molar-refractivity contribution in [2.75, 3.05) is 13.1 Å². The Morgan fingerprint density at radius 3 is 2.38 bits per heavy atom. The first-order valence-corrected chi connectivity index (χ1v) is 7.54. The summed E-state index contributed by atoms with van der Waals surface area (Å²) < 4.78 is 0. The number of amides is 3. The zero-order chi connectivity index (χ0) is 15.5. The molecule has 2 fully saturated rings. The van der Waals surface area contributed by atoms with Crippen LogP contribution < -0.4 is 11.1 Å². The maximum absolute atomic E-state index is 12.3. The quantitative estimate of drug-likeness (QED) is 0.711. The van der Waals surface area contributed by atoms with Crippen molar-refractivity contribution in [3.05, 3.63) is 0 Å². The number of primary amides is 1. The van der Waals surface area contributed by atoms with Gasteiger partial charge in [-0.25, -0.2) is 9.59 Å². The number of urea groups is 1. The third kappa shape index (κ3) is 3.46. The highest BCUT2D eigenvalue weighted by Crippen LogP contribution is 2.29. The number of carboxylic acids is 1. The second-order valence-corrected chi connectivity index (χ2v) is 6.07. The van der Waals surface area contributed by atoms with Crippen molar-refractivity contribution in [3.63, 3.8) is 0 Å². The molecule has 7 nitrogen and oxygen atoms in total. The molecule has 2 aliphatic rings. The minimum Gasteiger partial charge on any atom is -0.480 e. The molecule has 7 heteroatoms. The number of hydrogen-bond donors (Lipinski definition) is 3. The number of piperidine rings is 1. The fourth-order valence-corrected chi connectivity index (χ4v) is 3.23. The van der Waals surface area contributed by atoms with Gasteiger partial charge in [0.2, 0.25) is 5.91 Å². The molecule has 118 valence electrons. The molecule has 0 spiro atoms. The molecule has 1 aliphatic carbocycles. The van der Waals surface area contributed by atoms with E-state index >= 15 is 0 Å². The van der Waals surface area contributed by atoms with Crippen molar-refractivity contribution in [3.8, 4) is 0 Å². The first-order valence-electron chi connectivity index (χ1n) is 7.54. The van der Waals surface area contributed by atoms with Crippen LogP contribution in [0.3, 0.4) is 0 Å².